The Balaban J connectivity index is 1.69. The van der Waals surface area contributed by atoms with E-state index in [9.17, 15) is 14.4 Å². The van der Waals surface area contributed by atoms with Crippen LogP contribution in [0.3, 0.4) is 0 Å². The topological polar surface area (TPSA) is 76.2 Å². The van der Waals surface area contributed by atoms with Crippen LogP contribution in [-0.4, -0.2) is 42.9 Å². The number of carbonyl (C=O) groups is 3. The van der Waals surface area contributed by atoms with Crippen LogP contribution in [-0.2, 0) is 16.1 Å². The van der Waals surface area contributed by atoms with Gasteiger partial charge < -0.3 is 14.4 Å². The van der Waals surface area contributed by atoms with Crippen molar-refractivity contribution in [3.05, 3.63) is 75.4 Å². The predicted molar refractivity (Wildman–Crippen MR) is 126 cm³/mol. The van der Waals surface area contributed by atoms with Crippen molar-refractivity contribution in [2.24, 2.45) is 0 Å². The molecule has 1 aliphatic rings. The quantitative estimate of drug-likeness (QED) is 0.465. The Morgan fingerprint density at radius 3 is 2.45 bits per heavy atom. The maximum Gasteiger partial charge on any atom is 0.257 e. The maximum atomic E-state index is 13.6. The number of rotatable bonds is 7. The van der Waals surface area contributed by atoms with Crippen molar-refractivity contribution in [2.75, 3.05) is 19.1 Å². The molecular formula is C24H21ClN2O5S. The van der Waals surface area contributed by atoms with Gasteiger partial charge in [0.15, 0.2) is 11.5 Å². The molecule has 0 radical (unpaired) electrons. The molecule has 9 heteroatoms. The Morgan fingerprint density at radius 2 is 1.82 bits per heavy atom. The van der Waals surface area contributed by atoms with Gasteiger partial charge in [0.2, 0.25) is 5.91 Å². The van der Waals surface area contributed by atoms with Gasteiger partial charge in [0, 0.05) is 15.5 Å². The van der Waals surface area contributed by atoms with Crippen molar-refractivity contribution < 1.29 is 23.9 Å². The lowest BCUT2D eigenvalue weighted by molar-refractivity contribution is -0.122. The predicted octanol–water partition coefficient (Wildman–Crippen LogP) is 4.39. The zero-order valence-electron chi connectivity index (χ0n) is 18.0. The van der Waals surface area contributed by atoms with Crippen molar-refractivity contribution in [3.63, 3.8) is 0 Å². The van der Waals surface area contributed by atoms with E-state index in [0.717, 1.165) is 9.78 Å². The van der Waals surface area contributed by atoms with Crippen LogP contribution >= 0.6 is 22.9 Å². The van der Waals surface area contributed by atoms with Crippen LogP contribution in [0.4, 0.5) is 5.69 Å². The van der Waals surface area contributed by atoms with Crippen molar-refractivity contribution in [1.82, 2.24) is 4.90 Å². The van der Waals surface area contributed by atoms with Gasteiger partial charge >= 0.3 is 0 Å². The zero-order valence-corrected chi connectivity index (χ0v) is 19.6. The van der Waals surface area contributed by atoms with Gasteiger partial charge in [0.05, 0.1) is 32.9 Å². The number of carbonyl (C=O) groups excluding carboxylic acids is 3. The van der Waals surface area contributed by atoms with Gasteiger partial charge in [0.1, 0.15) is 6.04 Å². The van der Waals surface area contributed by atoms with Gasteiger partial charge in [0.25, 0.3) is 11.8 Å². The molecule has 0 bridgehead atoms. The first-order valence-electron chi connectivity index (χ1n) is 10.1. The van der Waals surface area contributed by atoms with E-state index < -0.39 is 11.9 Å². The number of benzene rings is 2. The number of ether oxygens (including phenoxy) is 2. The standard InChI is InChI=1S/C24H21ClN2O5S/c1-31-20-10-5-15(12-21(20)32-2)23(29)26(14-18-4-3-11-33-18)19-13-22(28)27(24(19)30)17-8-6-16(25)7-9-17/h3-12,19H,13-14H2,1-2H3. The van der Waals surface area contributed by atoms with Crippen molar-refractivity contribution in [3.8, 4) is 11.5 Å². The Morgan fingerprint density at radius 1 is 1.09 bits per heavy atom. The van der Waals surface area contributed by atoms with Crippen LogP contribution in [0.1, 0.15) is 21.7 Å². The van der Waals surface area contributed by atoms with Gasteiger partial charge in [-0.1, -0.05) is 17.7 Å². The highest BCUT2D eigenvalue weighted by molar-refractivity contribution is 7.09. The summed E-state index contributed by atoms with van der Waals surface area (Å²) in [5, 5.41) is 2.40. The SMILES string of the molecule is COc1ccc(C(=O)N(Cc2cccs2)C2CC(=O)N(c3ccc(Cl)cc3)C2=O)cc1OC. The zero-order chi connectivity index (χ0) is 23.5. The molecule has 0 aliphatic carbocycles. The number of thiophene rings is 1. The molecule has 1 saturated heterocycles. The molecule has 3 amide bonds. The monoisotopic (exact) mass is 484 g/mol. The number of imide groups is 1. The van der Waals surface area contributed by atoms with Crippen LogP contribution in [0.25, 0.3) is 0 Å². The second-order valence-electron chi connectivity index (χ2n) is 7.35. The number of hydrogen-bond acceptors (Lipinski definition) is 6. The molecule has 2 aromatic carbocycles. The maximum absolute atomic E-state index is 13.6. The highest BCUT2D eigenvalue weighted by Gasteiger charge is 2.44. The second kappa shape index (κ2) is 9.64. The molecule has 170 valence electrons. The van der Waals surface area contributed by atoms with Gasteiger partial charge in [-0.05, 0) is 53.9 Å². The lowest BCUT2D eigenvalue weighted by Crippen LogP contribution is -2.45. The minimum absolute atomic E-state index is 0.105. The number of halogens is 1. The minimum Gasteiger partial charge on any atom is -0.493 e. The van der Waals surface area contributed by atoms with Crippen molar-refractivity contribution in [1.29, 1.82) is 0 Å². The summed E-state index contributed by atoms with van der Waals surface area (Å²) in [6.07, 6.45) is -0.105. The van der Waals surface area contributed by atoms with Gasteiger partial charge in [-0.2, -0.15) is 0 Å². The first kappa shape index (κ1) is 22.8. The number of anilines is 1. The van der Waals surface area contributed by atoms with Crippen LogP contribution in [0.2, 0.25) is 5.02 Å². The molecule has 1 aliphatic heterocycles. The Hall–Kier alpha value is -3.36. The van der Waals surface area contributed by atoms with Crippen molar-refractivity contribution >= 4 is 46.3 Å². The minimum atomic E-state index is -0.934. The average Bonchev–Trinajstić information content (AvgIpc) is 3.44. The molecule has 7 nitrogen and oxygen atoms in total. The molecule has 2 heterocycles. The van der Waals surface area contributed by atoms with E-state index in [1.165, 1.54) is 30.5 Å². The fourth-order valence-electron chi connectivity index (χ4n) is 3.75. The smallest absolute Gasteiger partial charge is 0.257 e. The number of nitrogens with zero attached hydrogens (tertiary/aromatic N) is 2. The summed E-state index contributed by atoms with van der Waals surface area (Å²) in [6.45, 7) is 0.197. The molecule has 1 atom stereocenters. The van der Waals surface area contributed by atoms with Gasteiger partial charge in [-0.3, -0.25) is 14.4 Å². The Labute approximate surface area is 200 Å². The fourth-order valence-corrected chi connectivity index (χ4v) is 4.58. The van der Waals surface area contributed by atoms with Crippen LogP contribution in [0, 0.1) is 0 Å². The van der Waals surface area contributed by atoms with E-state index in [2.05, 4.69) is 0 Å². The van der Waals surface area contributed by atoms with E-state index in [1.807, 2.05) is 17.5 Å². The summed E-state index contributed by atoms with van der Waals surface area (Å²) in [7, 11) is 3.00. The third-order valence-corrected chi connectivity index (χ3v) is 6.49. The first-order valence-corrected chi connectivity index (χ1v) is 11.4. The van der Waals surface area contributed by atoms with E-state index in [0.29, 0.717) is 27.8 Å². The molecule has 4 rings (SSSR count). The summed E-state index contributed by atoms with van der Waals surface area (Å²) < 4.78 is 10.6. The molecule has 1 unspecified atom stereocenters. The Bertz CT molecular complexity index is 1180. The van der Waals surface area contributed by atoms with Gasteiger partial charge in [-0.15, -0.1) is 11.3 Å². The third kappa shape index (κ3) is 4.58. The van der Waals surface area contributed by atoms with Crippen LogP contribution in [0.5, 0.6) is 11.5 Å². The lowest BCUT2D eigenvalue weighted by atomic mass is 10.1. The molecule has 0 spiro atoms. The highest BCUT2D eigenvalue weighted by atomic mass is 35.5. The molecule has 1 aromatic heterocycles. The van der Waals surface area contributed by atoms with E-state index in [4.69, 9.17) is 21.1 Å². The molecule has 0 N–H and O–H groups in total. The van der Waals surface area contributed by atoms with E-state index in [-0.39, 0.29) is 24.8 Å². The largest absolute Gasteiger partial charge is 0.493 e. The first-order chi connectivity index (χ1) is 15.9. The van der Waals surface area contributed by atoms with Crippen molar-refractivity contribution in [2.45, 2.75) is 19.0 Å². The number of amides is 3. The second-order valence-corrected chi connectivity index (χ2v) is 8.81. The molecule has 3 aromatic rings. The molecule has 1 fully saturated rings. The Kier molecular flexibility index (Phi) is 6.67. The highest BCUT2D eigenvalue weighted by Crippen LogP contribution is 2.32. The third-order valence-electron chi connectivity index (χ3n) is 5.38. The summed E-state index contributed by atoms with van der Waals surface area (Å²) in [5.41, 5.74) is 0.751. The van der Waals surface area contributed by atoms with Crippen LogP contribution in [0.15, 0.2) is 60.0 Å². The fraction of sp³-hybridized carbons (Fsp3) is 0.208. The molecule has 0 saturated carbocycles. The lowest BCUT2D eigenvalue weighted by Gasteiger charge is -2.27. The van der Waals surface area contributed by atoms with E-state index in [1.54, 1.807) is 42.5 Å². The number of hydrogen-bond donors (Lipinski definition) is 0. The molecular weight excluding hydrogens is 464 g/mol. The summed E-state index contributed by atoms with van der Waals surface area (Å²) in [4.78, 5) is 43.3. The summed E-state index contributed by atoms with van der Waals surface area (Å²) in [5.74, 6) is -0.319. The number of methoxy groups -OCH3 is 2. The average molecular weight is 485 g/mol. The van der Waals surface area contributed by atoms with Crippen LogP contribution < -0.4 is 14.4 Å². The normalized spacial score (nSPS) is 15.6. The van der Waals surface area contributed by atoms with Gasteiger partial charge in [-0.25, -0.2) is 4.90 Å². The summed E-state index contributed by atoms with van der Waals surface area (Å²) in [6, 6.07) is 14.1. The molecule has 33 heavy (non-hydrogen) atoms. The summed E-state index contributed by atoms with van der Waals surface area (Å²) >= 11 is 7.42. The van der Waals surface area contributed by atoms with E-state index >= 15 is 0 Å².